The molecule has 0 aliphatic heterocycles. The largest absolute Gasteiger partial charge is 0.468 e. The van der Waals surface area contributed by atoms with Crippen LogP contribution in [0.5, 0.6) is 0 Å². The van der Waals surface area contributed by atoms with Gasteiger partial charge in [-0.05, 0) is 6.92 Å². The number of methoxy groups -OCH3 is 1. The third-order valence-corrected chi connectivity index (χ3v) is 1.52. The van der Waals surface area contributed by atoms with Crippen LogP contribution >= 0.6 is 0 Å². The predicted octanol–water partition coefficient (Wildman–Crippen LogP) is -0.335. The number of carbonyl (C=O) groups is 2. The third-order valence-electron chi connectivity index (χ3n) is 1.52. The Hall–Kier alpha value is -1.59. The minimum Gasteiger partial charge on any atom is -0.468 e. The lowest BCUT2D eigenvalue weighted by Crippen LogP contribution is -2.25. The lowest BCUT2D eigenvalue weighted by molar-refractivity contribution is -0.159. The zero-order chi connectivity index (χ0) is 11.1. The highest BCUT2D eigenvalue weighted by Crippen LogP contribution is 2.01. The molecule has 0 aromatic heterocycles. The van der Waals surface area contributed by atoms with Gasteiger partial charge in [-0.1, -0.05) is 0 Å². The molecule has 0 aromatic rings. The number of nitrogens with one attached hydrogen (secondary N) is 1. The van der Waals surface area contributed by atoms with Crippen molar-refractivity contribution in [2.24, 2.45) is 11.7 Å². The Morgan fingerprint density at radius 2 is 2.00 bits per heavy atom. The molecule has 0 aliphatic rings. The summed E-state index contributed by atoms with van der Waals surface area (Å²) in [5.41, 5.74) is 5.04. The summed E-state index contributed by atoms with van der Waals surface area (Å²) in [5, 5.41) is 6.86. The molecule has 0 amide bonds. The number of carbonyl (C=O) groups excluding carboxylic acids is 2. The monoisotopic (exact) mass is 202 g/mol. The zero-order valence-corrected chi connectivity index (χ0v) is 8.20. The molecule has 3 N–H and O–H groups in total. The summed E-state index contributed by atoms with van der Waals surface area (Å²) in [5.74, 6) is -2.31. The number of esters is 2. The Balaban J connectivity index is 3.84. The first-order valence-electron chi connectivity index (χ1n) is 4.06. The first kappa shape index (κ1) is 12.4. The van der Waals surface area contributed by atoms with Crippen LogP contribution in [-0.4, -0.2) is 31.5 Å². The fourth-order valence-corrected chi connectivity index (χ4v) is 0.660. The number of amidine groups is 1. The van der Waals surface area contributed by atoms with Crippen LogP contribution in [0.15, 0.2) is 0 Å². The van der Waals surface area contributed by atoms with Gasteiger partial charge in [0.05, 0.1) is 19.6 Å². The molecule has 14 heavy (non-hydrogen) atoms. The summed E-state index contributed by atoms with van der Waals surface area (Å²) >= 11 is 0. The molecule has 6 nitrogen and oxygen atoms in total. The maximum atomic E-state index is 11.1. The highest BCUT2D eigenvalue weighted by Gasteiger charge is 2.23. The van der Waals surface area contributed by atoms with E-state index < -0.39 is 17.9 Å². The van der Waals surface area contributed by atoms with Gasteiger partial charge in [0.15, 0.2) is 5.92 Å². The van der Waals surface area contributed by atoms with Crippen LogP contribution in [0.25, 0.3) is 0 Å². The van der Waals surface area contributed by atoms with Gasteiger partial charge in [-0.15, -0.1) is 0 Å². The zero-order valence-electron chi connectivity index (χ0n) is 8.20. The topological polar surface area (TPSA) is 102 Å². The van der Waals surface area contributed by atoms with E-state index in [1.165, 1.54) is 14.0 Å². The second-order valence-corrected chi connectivity index (χ2v) is 2.69. The molecule has 1 unspecified atom stereocenters. The van der Waals surface area contributed by atoms with Crippen molar-refractivity contribution >= 4 is 17.8 Å². The Labute approximate surface area is 81.9 Å². The number of ether oxygens (including phenoxy) is 2. The maximum Gasteiger partial charge on any atom is 0.320 e. The first-order chi connectivity index (χ1) is 6.49. The second-order valence-electron chi connectivity index (χ2n) is 2.69. The van der Waals surface area contributed by atoms with E-state index in [2.05, 4.69) is 9.47 Å². The predicted molar refractivity (Wildman–Crippen MR) is 48.7 cm³/mol. The van der Waals surface area contributed by atoms with Gasteiger partial charge in [0.1, 0.15) is 0 Å². The SMILES string of the molecule is COC(=O)C(C)C(=O)OCCC(=N)N. The summed E-state index contributed by atoms with van der Waals surface area (Å²) in [6.45, 7) is 1.40. The summed E-state index contributed by atoms with van der Waals surface area (Å²) in [6, 6.07) is 0. The lowest BCUT2D eigenvalue weighted by Gasteiger charge is -2.08. The van der Waals surface area contributed by atoms with E-state index in [1.807, 2.05) is 0 Å². The van der Waals surface area contributed by atoms with Crippen LogP contribution in [0.4, 0.5) is 0 Å². The lowest BCUT2D eigenvalue weighted by atomic mass is 10.2. The average Bonchev–Trinajstić information content (AvgIpc) is 2.14. The molecule has 80 valence electrons. The number of hydrogen-bond donors (Lipinski definition) is 2. The van der Waals surface area contributed by atoms with E-state index in [0.29, 0.717) is 0 Å². The normalized spacial score (nSPS) is 11.6. The Bertz CT molecular complexity index is 239. The highest BCUT2D eigenvalue weighted by molar-refractivity contribution is 5.94. The van der Waals surface area contributed by atoms with Crippen LogP contribution in [-0.2, 0) is 19.1 Å². The fraction of sp³-hybridized carbons (Fsp3) is 0.625. The first-order valence-corrected chi connectivity index (χ1v) is 4.06. The van der Waals surface area contributed by atoms with E-state index in [-0.39, 0.29) is 18.9 Å². The highest BCUT2D eigenvalue weighted by atomic mass is 16.5. The van der Waals surface area contributed by atoms with Crippen LogP contribution in [0.3, 0.4) is 0 Å². The van der Waals surface area contributed by atoms with E-state index in [4.69, 9.17) is 11.1 Å². The average molecular weight is 202 g/mol. The van der Waals surface area contributed by atoms with Gasteiger partial charge in [-0.2, -0.15) is 0 Å². The van der Waals surface area contributed by atoms with E-state index in [1.54, 1.807) is 0 Å². The van der Waals surface area contributed by atoms with E-state index >= 15 is 0 Å². The van der Waals surface area contributed by atoms with Crippen molar-refractivity contribution in [3.05, 3.63) is 0 Å². The molecule has 0 radical (unpaired) electrons. The minimum absolute atomic E-state index is 0.00943. The quantitative estimate of drug-likeness (QED) is 0.275. The van der Waals surface area contributed by atoms with Crippen molar-refractivity contribution in [1.29, 1.82) is 5.41 Å². The van der Waals surface area contributed by atoms with Gasteiger partial charge in [-0.3, -0.25) is 15.0 Å². The molecule has 0 fully saturated rings. The number of hydrogen-bond acceptors (Lipinski definition) is 5. The molecule has 0 rings (SSSR count). The van der Waals surface area contributed by atoms with Crippen molar-refractivity contribution in [2.45, 2.75) is 13.3 Å². The molecule has 0 saturated heterocycles. The van der Waals surface area contributed by atoms with E-state index in [0.717, 1.165) is 0 Å². The van der Waals surface area contributed by atoms with Gasteiger partial charge in [0.25, 0.3) is 0 Å². The second kappa shape index (κ2) is 5.95. The molecular weight excluding hydrogens is 188 g/mol. The van der Waals surface area contributed by atoms with Crippen molar-refractivity contribution in [3.63, 3.8) is 0 Å². The maximum absolute atomic E-state index is 11.1. The Kier molecular flexibility index (Phi) is 5.28. The summed E-state index contributed by atoms with van der Waals surface area (Å²) < 4.78 is 9.03. The van der Waals surface area contributed by atoms with Gasteiger partial charge in [0, 0.05) is 6.42 Å². The van der Waals surface area contributed by atoms with Crippen molar-refractivity contribution in [2.75, 3.05) is 13.7 Å². The van der Waals surface area contributed by atoms with Gasteiger partial charge >= 0.3 is 11.9 Å². The molecule has 0 heterocycles. The molecule has 0 saturated carbocycles. The minimum atomic E-state index is -0.938. The molecule has 0 aliphatic carbocycles. The third kappa shape index (κ3) is 4.44. The molecular formula is C8H14N2O4. The summed E-state index contributed by atoms with van der Waals surface area (Å²) in [6.07, 6.45) is 0.166. The van der Waals surface area contributed by atoms with Crippen molar-refractivity contribution in [1.82, 2.24) is 0 Å². The smallest absolute Gasteiger partial charge is 0.320 e. The van der Waals surface area contributed by atoms with Gasteiger partial charge < -0.3 is 15.2 Å². The molecule has 0 bridgehead atoms. The number of nitrogens with two attached hydrogens (primary N) is 1. The van der Waals surface area contributed by atoms with Crippen LogP contribution in [0.2, 0.25) is 0 Å². The Morgan fingerprint density at radius 1 is 1.43 bits per heavy atom. The van der Waals surface area contributed by atoms with Crippen LogP contribution < -0.4 is 5.73 Å². The number of rotatable bonds is 5. The van der Waals surface area contributed by atoms with Gasteiger partial charge in [0.2, 0.25) is 0 Å². The van der Waals surface area contributed by atoms with E-state index in [9.17, 15) is 9.59 Å². The summed E-state index contributed by atoms with van der Waals surface area (Å²) in [4.78, 5) is 22.0. The van der Waals surface area contributed by atoms with Crippen molar-refractivity contribution in [3.8, 4) is 0 Å². The Morgan fingerprint density at radius 3 is 2.43 bits per heavy atom. The van der Waals surface area contributed by atoms with Crippen molar-refractivity contribution < 1.29 is 19.1 Å². The fourth-order valence-electron chi connectivity index (χ4n) is 0.660. The molecule has 0 aromatic carbocycles. The summed E-state index contributed by atoms with van der Waals surface area (Å²) in [7, 11) is 1.20. The van der Waals surface area contributed by atoms with Gasteiger partial charge in [-0.25, -0.2) is 0 Å². The van der Waals surface area contributed by atoms with Crippen LogP contribution in [0.1, 0.15) is 13.3 Å². The molecule has 6 heteroatoms. The molecule has 1 atom stereocenters. The van der Waals surface area contributed by atoms with Crippen LogP contribution in [0, 0.1) is 11.3 Å². The standard InChI is InChI=1S/C8H14N2O4/c1-5(7(11)13-2)8(12)14-4-3-6(9)10/h5H,3-4H2,1-2H3,(H3,9,10). The molecule has 0 spiro atoms.